The number of carbonyl (C=O) groups excluding carboxylic acids is 1. The van der Waals surface area contributed by atoms with Crippen LogP contribution in [0.4, 0.5) is 0 Å². The van der Waals surface area contributed by atoms with Gasteiger partial charge >= 0.3 is 0 Å². The SMILES string of the molecule is O=C(COc1ccccc1)N1CCN(S(=O)(=O)c2ccccc2Br)CC1. The summed E-state index contributed by atoms with van der Waals surface area (Å²) in [6, 6.07) is 15.9. The normalized spacial score (nSPS) is 15.7. The molecule has 0 aliphatic carbocycles. The van der Waals surface area contributed by atoms with Crippen LogP contribution >= 0.6 is 15.9 Å². The molecule has 1 heterocycles. The fourth-order valence-electron chi connectivity index (χ4n) is 2.72. The summed E-state index contributed by atoms with van der Waals surface area (Å²) in [6.07, 6.45) is 0. The van der Waals surface area contributed by atoms with Crippen LogP contribution in [-0.2, 0) is 14.8 Å². The minimum absolute atomic E-state index is 0.0546. The van der Waals surface area contributed by atoms with Crippen LogP contribution in [0.3, 0.4) is 0 Å². The largest absolute Gasteiger partial charge is 0.484 e. The first-order valence-electron chi connectivity index (χ1n) is 8.19. The Kier molecular flexibility index (Phi) is 5.95. The molecule has 6 nitrogen and oxygen atoms in total. The van der Waals surface area contributed by atoms with Crippen LogP contribution in [0.2, 0.25) is 0 Å². The number of para-hydroxylation sites is 1. The van der Waals surface area contributed by atoms with Gasteiger partial charge in [-0.2, -0.15) is 4.31 Å². The summed E-state index contributed by atoms with van der Waals surface area (Å²) in [5, 5.41) is 0. The monoisotopic (exact) mass is 438 g/mol. The van der Waals surface area contributed by atoms with E-state index in [-0.39, 0.29) is 30.5 Å². The lowest BCUT2D eigenvalue weighted by Gasteiger charge is -2.34. The molecule has 138 valence electrons. The Hall–Kier alpha value is -1.90. The number of carbonyl (C=O) groups is 1. The number of sulfonamides is 1. The van der Waals surface area contributed by atoms with Gasteiger partial charge in [0.15, 0.2) is 6.61 Å². The van der Waals surface area contributed by atoms with E-state index in [0.29, 0.717) is 23.3 Å². The van der Waals surface area contributed by atoms with Crippen molar-refractivity contribution < 1.29 is 17.9 Å². The van der Waals surface area contributed by atoms with Crippen molar-refractivity contribution in [2.45, 2.75) is 4.90 Å². The summed E-state index contributed by atoms with van der Waals surface area (Å²) < 4.78 is 32.9. The van der Waals surface area contributed by atoms with Crippen molar-refractivity contribution in [3.63, 3.8) is 0 Å². The van der Waals surface area contributed by atoms with Crippen LogP contribution in [-0.4, -0.2) is 56.3 Å². The number of rotatable bonds is 5. The number of piperazine rings is 1. The molecule has 3 rings (SSSR count). The second-order valence-electron chi connectivity index (χ2n) is 5.82. The van der Waals surface area contributed by atoms with E-state index in [0.717, 1.165) is 0 Å². The quantitative estimate of drug-likeness (QED) is 0.718. The van der Waals surface area contributed by atoms with Crippen LogP contribution in [0, 0.1) is 0 Å². The number of amides is 1. The third-order valence-corrected chi connectivity index (χ3v) is 7.06. The Labute approximate surface area is 161 Å². The Morgan fingerprint density at radius 1 is 0.962 bits per heavy atom. The van der Waals surface area contributed by atoms with Crippen LogP contribution in [0.5, 0.6) is 5.75 Å². The maximum Gasteiger partial charge on any atom is 0.260 e. The zero-order valence-electron chi connectivity index (χ0n) is 14.0. The molecule has 0 bridgehead atoms. The summed E-state index contributed by atoms with van der Waals surface area (Å²) in [7, 11) is -3.58. The molecule has 26 heavy (non-hydrogen) atoms. The fraction of sp³-hybridized carbons (Fsp3) is 0.278. The number of nitrogens with zero attached hydrogens (tertiary/aromatic N) is 2. The number of hydrogen-bond donors (Lipinski definition) is 0. The molecular weight excluding hydrogens is 420 g/mol. The van der Waals surface area contributed by atoms with Gasteiger partial charge in [-0.3, -0.25) is 4.79 Å². The van der Waals surface area contributed by atoms with Crippen molar-refractivity contribution in [3.8, 4) is 5.75 Å². The Balaban J connectivity index is 1.57. The van der Waals surface area contributed by atoms with Gasteiger partial charge in [0, 0.05) is 30.7 Å². The van der Waals surface area contributed by atoms with E-state index in [1.54, 1.807) is 41.3 Å². The molecule has 2 aromatic rings. The second-order valence-corrected chi connectivity index (χ2v) is 8.58. The van der Waals surface area contributed by atoms with Crippen LogP contribution in [0.1, 0.15) is 0 Å². The summed E-state index contributed by atoms with van der Waals surface area (Å²) >= 11 is 3.29. The average Bonchev–Trinajstić information content (AvgIpc) is 2.67. The van der Waals surface area contributed by atoms with Gasteiger partial charge in [0.2, 0.25) is 10.0 Å². The molecule has 1 aliphatic rings. The molecule has 0 aromatic heterocycles. The molecule has 1 aliphatic heterocycles. The first kappa shape index (κ1) is 18.9. The van der Waals surface area contributed by atoms with Crippen LogP contribution < -0.4 is 4.74 Å². The van der Waals surface area contributed by atoms with Gasteiger partial charge in [-0.05, 0) is 40.2 Å². The van der Waals surface area contributed by atoms with Crippen molar-refractivity contribution in [1.82, 2.24) is 9.21 Å². The molecule has 8 heteroatoms. The number of halogens is 1. The molecule has 1 amide bonds. The van der Waals surface area contributed by atoms with Crippen molar-refractivity contribution >= 4 is 31.9 Å². The third-order valence-electron chi connectivity index (χ3n) is 4.15. The molecule has 0 radical (unpaired) electrons. The van der Waals surface area contributed by atoms with Gasteiger partial charge < -0.3 is 9.64 Å². The van der Waals surface area contributed by atoms with Gasteiger partial charge in [0.25, 0.3) is 5.91 Å². The second kappa shape index (κ2) is 8.20. The summed E-state index contributed by atoms with van der Waals surface area (Å²) in [5.41, 5.74) is 0. The Morgan fingerprint density at radius 2 is 1.58 bits per heavy atom. The maximum absolute atomic E-state index is 12.8. The highest BCUT2D eigenvalue weighted by Crippen LogP contribution is 2.25. The molecule has 1 saturated heterocycles. The highest BCUT2D eigenvalue weighted by molar-refractivity contribution is 9.10. The van der Waals surface area contributed by atoms with E-state index in [4.69, 9.17) is 4.74 Å². The van der Waals surface area contributed by atoms with E-state index >= 15 is 0 Å². The zero-order chi connectivity index (χ0) is 18.6. The zero-order valence-corrected chi connectivity index (χ0v) is 16.4. The molecule has 0 N–H and O–H groups in total. The predicted octanol–water partition coefficient (Wildman–Crippen LogP) is 2.36. The highest BCUT2D eigenvalue weighted by atomic mass is 79.9. The molecule has 2 aromatic carbocycles. The van der Waals surface area contributed by atoms with E-state index < -0.39 is 10.0 Å². The van der Waals surface area contributed by atoms with Crippen molar-refractivity contribution in [2.75, 3.05) is 32.8 Å². The average molecular weight is 439 g/mol. The van der Waals surface area contributed by atoms with E-state index in [9.17, 15) is 13.2 Å². The van der Waals surface area contributed by atoms with Gasteiger partial charge in [-0.1, -0.05) is 30.3 Å². The first-order valence-corrected chi connectivity index (χ1v) is 10.4. The molecule has 0 atom stereocenters. The summed E-state index contributed by atoms with van der Waals surface area (Å²) in [4.78, 5) is 14.2. The number of ether oxygens (including phenoxy) is 1. The summed E-state index contributed by atoms with van der Waals surface area (Å²) in [5.74, 6) is 0.489. The predicted molar refractivity (Wildman–Crippen MR) is 101 cm³/mol. The van der Waals surface area contributed by atoms with Crippen LogP contribution in [0.15, 0.2) is 64.0 Å². The van der Waals surface area contributed by atoms with Crippen LogP contribution in [0.25, 0.3) is 0 Å². The van der Waals surface area contributed by atoms with Crippen molar-refractivity contribution in [1.29, 1.82) is 0 Å². The van der Waals surface area contributed by atoms with Crippen molar-refractivity contribution in [2.24, 2.45) is 0 Å². The van der Waals surface area contributed by atoms with Gasteiger partial charge in [-0.15, -0.1) is 0 Å². The lowest BCUT2D eigenvalue weighted by molar-refractivity contribution is -0.134. The molecule has 0 spiro atoms. The lowest BCUT2D eigenvalue weighted by Crippen LogP contribution is -2.51. The third kappa shape index (κ3) is 4.25. The number of benzene rings is 2. The van der Waals surface area contributed by atoms with E-state index in [1.807, 2.05) is 18.2 Å². The summed E-state index contributed by atoms with van der Waals surface area (Å²) in [6.45, 7) is 1.17. The highest BCUT2D eigenvalue weighted by Gasteiger charge is 2.31. The number of hydrogen-bond acceptors (Lipinski definition) is 4. The first-order chi connectivity index (χ1) is 12.5. The van der Waals surface area contributed by atoms with E-state index in [1.165, 1.54) is 4.31 Å². The van der Waals surface area contributed by atoms with Gasteiger partial charge in [0.05, 0.1) is 4.90 Å². The fourth-order valence-corrected chi connectivity index (χ4v) is 5.11. The smallest absolute Gasteiger partial charge is 0.260 e. The molecule has 0 saturated carbocycles. The molecular formula is C18H19BrN2O4S. The minimum Gasteiger partial charge on any atom is -0.484 e. The Bertz CT molecular complexity index is 866. The van der Waals surface area contributed by atoms with E-state index in [2.05, 4.69) is 15.9 Å². The topological polar surface area (TPSA) is 66.9 Å². The Morgan fingerprint density at radius 3 is 2.23 bits per heavy atom. The maximum atomic E-state index is 12.8. The standard InChI is InChI=1S/C18H19BrN2O4S/c19-16-8-4-5-9-17(16)26(23,24)21-12-10-20(11-13-21)18(22)14-25-15-6-2-1-3-7-15/h1-9H,10-14H2. The van der Waals surface area contributed by atoms with Crippen molar-refractivity contribution in [3.05, 3.63) is 59.1 Å². The van der Waals surface area contributed by atoms with Gasteiger partial charge in [0.1, 0.15) is 5.75 Å². The molecule has 0 unspecified atom stereocenters. The van der Waals surface area contributed by atoms with Gasteiger partial charge in [-0.25, -0.2) is 8.42 Å². The molecule has 1 fully saturated rings. The lowest BCUT2D eigenvalue weighted by atomic mass is 10.3. The minimum atomic E-state index is -3.58.